The second kappa shape index (κ2) is 6.00. The van der Waals surface area contributed by atoms with Gasteiger partial charge in [-0.1, -0.05) is 24.3 Å². The van der Waals surface area contributed by atoms with Crippen LogP contribution in [0.1, 0.15) is 11.6 Å². The Bertz CT molecular complexity index is 838. The standard InChI is InChI=1S/C16H11F3N2O4/c17-16(18,19)25-12-7-2-1-6-11(12)21-14(23)13(20-15(21)24)9-4-3-5-10(22)8-9/h1-8,13,22H,(H,20,24)/t13-/m1/s1. The SMILES string of the molecule is O=C1N[C@H](c2cccc(O)c2)C(=O)N1c1ccccc1OC(F)(F)F. The fourth-order valence-corrected chi connectivity index (χ4v) is 2.49. The van der Waals surface area contributed by atoms with E-state index in [1.54, 1.807) is 0 Å². The lowest BCUT2D eigenvalue weighted by molar-refractivity contribution is -0.274. The zero-order chi connectivity index (χ0) is 18.2. The van der Waals surface area contributed by atoms with Crippen LogP contribution in [0.4, 0.5) is 23.7 Å². The highest BCUT2D eigenvalue weighted by Gasteiger charge is 2.42. The summed E-state index contributed by atoms with van der Waals surface area (Å²) in [4.78, 5) is 25.3. The smallest absolute Gasteiger partial charge is 0.508 e. The van der Waals surface area contributed by atoms with Crippen LogP contribution in [0, 0.1) is 0 Å². The molecule has 1 fully saturated rings. The average molecular weight is 352 g/mol. The monoisotopic (exact) mass is 352 g/mol. The van der Waals surface area contributed by atoms with E-state index < -0.39 is 30.1 Å². The number of ether oxygens (including phenoxy) is 1. The molecule has 1 heterocycles. The number of nitrogens with one attached hydrogen (secondary N) is 1. The molecule has 2 N–H and O–H groups in total. The van der Waals surface area contributed by atoms with Crippen LogP contribution in [0.15, 0.2) is 48.5 Å². The molecule has 0 unspecified atom stereocenters. The first-order chi connectivity index (χ1) is 11.8. The Balaban J connectivity index is 1.96. The molecule has 1 saturated heterocycles. The van der Waals surface area contributed by atoms with Gasteiger partial charge in [0.25, 0.3) is 5.91 Å². The van der Waals surface area contributed by atoms with Gasteiger partial charge in [-0.25, -0.2) is 9.69 Å². The molecule has 2 aromatic carbocycles. The number of imide groups is 1. The largest absolute Gasteiger partial charge is 0.573 e. The molecule has 0 aromatic heterocycles. The first-order valence-corrected chi connectivity index (χ1v) is 7.04. The van der Waals surface area contributed by atoms with Crippen molar-refractivity contribution < 1.29 is 32.6 Å². The Morgan fingerprint density at radius 3 is 2.48 bits per heavy atom. The number of anilines is 1. The second-order valence-electron chi connectivity index (χ2n) is 5.17. The minimum absolute atomic E-state index is 0.112. The van der Waals surface area contributed by atoms with E-state index in [2.05, 4.69) is 10.1 Å². The van der Waals surface area contributed by atoms with E-state index in [1.165, 1.54) is 42.5 Å². The number of urea groups is 1. The van der Waals surface area contributed by atoms with Crippen LogP contribution in [-0.4, -0.2) is 23.4 Å². The first-order valence-electron chi connectivity index (χ1n) is 7.04. The molecule has 6 nitrogen and oxygen atoms in total. The van der Waals surface area contributed by atoms with Gasteiger partial charge >= 0.3 is 12.4 Å². The number of benzene rings is 2. The lowest BCUT2D eigenvalue weighted by Crippen LogP contribution is -2.31. The molecular formula is C16H11F3N2O4. The van der Waals surface area contributed by atoms with Crippen molar-refractivity contribution in [3.63, 3.8) is 0 Å². The maximum Gasteiger partial charge on any atom is 0.573 e. The number of halogens is 3. The van der Waals surface area contributed by atoms with Gasteiger partial charge in [-0.2, -0.15) is 0 Å². The number of carbonyl (C=O) groups excluding carboxylic acids is 2. The van der Waals surface area contributed by atoms with Crippen LogP contribution < -0.4 is 15.0 Å². The summed E-state index contributed by atoms with van der Waals surface area (Å²) in [6.45, 7) is 0. The van der Waals surface area contributed by atoms with Gasteiger partial charge in [0.1, 0.15) is 11.8 Å². The summed E-state index contributed by atoms with van der Waals surface area (Å²) >= 11 is 0. The van der Waals surface area contributed by atoms with Crippen molar-refractivity contribution in [1.29, 1.82) is 0 Å². The normalized spacial score (nSPS) is 17.6. The van der Waals surface area contributed by atoms with Gasteiger partial charge in [-0.3, -0.25) is 4.79 Å². The molecule has 1 aliphatic rings. The molecule has 9 heteroatoms. The molecule has 0 aliphatic carbocycles. The lowest BCUT2D eigenvalue weighted by Gasteiger charge is -2.18. The van der Waals surface area contributed by atoms with Crippen LogP contribution in [0.2, 0.25) is 0 Å². The number of alkyl halides is 3. The third-order valence-corrected chi connectivity index (χ3v) is 3.47. The average Bonchev–Trinajstić information content (AvgIpc) is 2.81. The van der Waals surface area contributed by atoms with Crippen molar-refractivity contribution in [3.8, 4) is 11.5 Å². The molecule has 3 amide bonds. The summed E-state index contributed by atoms with van der Waals surface area (Å²) in [7, 11) is 0. The fourth-order valence-electron chi connectivity index (χ4n) is 2.49. The lowest BCUT2D eigenvalue weighted by atomic mass is 10.1. The summed E-state index contributed by atoms with van der Waals surface area (Å²) < 4.78 is 41.5. The van der Waals surface area contributed by atoms with Crippen molar-refractivity contribution in [2.75, 3.05) is 4.90 Å². The van der Waals surface area contributed by atoms with Gasteiger partial charge in [0.2, 0.25) is 0 Å². The number of aromatic hydroxyl groups is 1. The number of phenolic OH excluding ortho intramolecular Hbond substituents is 1. The zero-order valence-electron chi connectivity index (χ0n) is 12.4. The number of amides is 3. The molecule has 0 bridgehead atoms. The van der Waals surface area contributed by atoms with Crippen molar-refractivity contribution in [1.82, 2.24) is 5.32 Å². The number of hydrogen-bond acceptors (Lipinski definition) is 4. The van der Waals surface area contributed by atoms with E-state index in [0.29, 0.717) is 10.5 Å². The van der Waals surface area contributed by atoms with Gasteiger partial charge < -0.3 is 15.2 Å². The topological polar surface area (TPSA) is 78.9 Å². The van der Waals surface area contributed by atoms with Crippen LogP contribution in [0.3, 0.4) is 0 Å². The van der Waals surface area contributed by atoms with Crippen molar-refractivity contribution in [3.05, 3.63) is 54.1 Å². The molecule has 25 heavy (non-hydrogen) atoms. The highest BCUT2D eigenvalue weighted by atomic mass is 19.4. The Morgan fingerprint density at radius 1 is 1.08 bits per heavy atom. The minimum atomic E-state index is -4.97. The van der Waals surface area contributed by atoms with Crippen LogP contribution in [-0.2, 0) is 4.79 Å². The molecule has 1 aliphatic heterocycles. The predicted molar refractivity (Wildman–Crippen MR) is 80.0 cm³/mol. The van der Waals surface area contributed by atoms with E-state index >= 15 is 0 Å². The van der Waals surface area contributed by atoms with E-state index in [1.807, 2.05) is 0 Å². The van der Waals surface area contributed by atoms with Gasteiger partial charge in [-0.15, -0.1) is 13.2 Å². The van der Waals surface area contributed by atoms with Crippen LogP contribution >= 0.6 is 0 Å². The van der Waals surface area contributed by atoms with Crippen LogP contribution in [0.5, 0.6) is 11.5 Å². The minimum Gasteiger partial charge on any atom is -0.508 e. The fraction of sp³-hybridized carbons (Fsp3) is 0.125. The Labute approximate surface area is 139 Å². The molecular weight excluding hydrogens is 341 g/mol. The molecule has 1 atom stereocenters. The van der Waals surface area contributed by atoms with E-state index in [-0.39, 0.29) is 11.4 Å². The quantitative estimate of drug-likeness (QED) is 0.832. The molecule has 2 aromatic rings. The second-order valence-corrected chi connectivity index (χ2v) is 5.17. The summed E-state index contributed by atoms with van der Waals surface area (Å²) in [5.74, 6) is -1.57. The number of rotatable bonds is 3. The Morgan fingerprint density at radius 2 is 1.80 bits per heavy atom. The maximum absolute atomic E-state index is 12.6. The van der Waals surface area contributed by atoms with Crippen molar-refractivity contribution >= 4 is 17.6 Å². The maximum atomic E-state index is 12.6. The van der Waals surface area contributed by atoms with E-state index in [4.69, 9.17) is 0 Å². The van der Waals surface area contributed by atoms with Gasteiger partial charge in [0.15, 0.2) is 5.75 Å². The number of carbonyl (C=O) groups is 2. The van der Waals surface area contributed by atoms with Gasteiger partial charge in [0.05, 0.1) is 5.69 Å². The Hall–Kier alpha value is -3.23. The summed E-state index contributed by atoms with van der Waals surface area (Å²) in [5.41, 5.74) is -0.0277. The summed E-state index contributed by atoms with van der Waals surface area (Å²) in [6.07, 6.45) is -4.97. The number of phenols is 1. The van der Waals surface area contributed by atoms with Crippen molar-refractivity contribution in [2.45, 2.75) is 12.4 Å². The number of para-hydroxylation sites is 2. The van der Waals surface area contributed by atoms with E-state index in [9.17, 15) is 27.9 Å². The van der Waals surface area contributed by atoms with Crippen molar-refractivity contribution in [2.24, 2.45) is 0 Å². The highest BCUT2D eigenvalue weighted by molar-refractivity contribution is 6.22. The highest BCUT2D eigenvalue weighted by Crippen LogP contribution is 2.36. The van der Waals surface area contributed by atoms with E-state index in [0.717, 1.165) is 6.07 Å². The zero-order valence-corrected chi connectivity index (χ0v) is 12.4. The van der Waals surface area contributed by atoms with Crippen LogP contribution in [0.25, 0.3) is 0 Å². The number of hydrogen-bond donors (Lipinski definition) is 2. The molecule has 0 spiro atoms. The third-order valence-electron chi connectivity index (χ3n) is 3.47. The Kier molecular flexibility index (Phi) is 3.99. The van der Waals surface area contributed by atoms with Gasteiger partial charge in [-0.05, 0) is 29.8 Å². The number of nitrogens with zero attached hydrogens (tertiary/aromatic N) is 1. The third kappa shape index (κ3) is 3.35. The molecule has 130 valence electrons. The molecule has 3 rings (SSSR count). The predicted octanol–water partition coefficient (Wildman–Crippen LogP) is 3.09. The summed E-state index contributed by atoms with van der Waals surface area (Å²) in [6, 6.07) is 8.47. The van der Waals surface area contributed by atoms with Gasteiger partial charge in [0, 0.05) is 0 Å². The first kappa shape index (κ1) is 16.6. The molecule has 0 radical (unpaired) electrons. The molecule has 0 saturated carbocycles. The summed E-state index contributed by atoms with van der Waals surface area (Å²) in [5, 5.41) is 11.9.